The maximum Gasteiger partial charge on any atom is 0.339 e. The van der Waals surface area contributed by atoms with Gasteiger partial charge in [0.2, 0.25) is 0 Å². The monoisotopic (exact) mass is 359 g/mol. The van der Waals surface area contributed by atoms with Crippen LogP contribution in [-0.2, 0) is 17.6 Å². The summed E-state index contributed by atoms with van der Waals surface area (Å²) >= 11 is 0. The molecule has 1 amide bonds. The molecule has 0 saturated heterocycles. The van der Waals surface area contributed by atoms with Gasteiger partial charge in [-0.05, 0) is 69.2 Å². The van der Waals surface area contributed by atoms with Gasteiger partial charge in [-0.1, -0.05) is 0 Å². The van der Waals surface area contributed by atoms with Crippen LogP contribution in [0.15, 0.2) is 21.3 Å². The van der Waals surface area contributed by atoms with E-state index in [-0.39, 0.29) is 18.1 Å². The standard InChI is InChI=1S/C20H25NO5/c1-12-10-16(25-13(2)19(23)21-8-5-9-22)18-14-6-3-4-7-15(14)20(24)26-17(18)11-12/h10-11,13,22H,3-9H2,1-2H3,(H,21,23)/t13-/m1/s1. The van der Waals surface area contributed by atoms with Gasteiger partial charge in [-0.2, -0.15) is 0 Å². The number of rotatable bonds is 6. The molecule has 0 bridgehead atoms. The minimum Gasteiger partial charge on any atom is -0.480 e. The van der Waals surface area contributed by atoms with Crippen LogP contribution in [0.1, 0.15) is 42.9 Å². The molecule has 2 aromatic rings. The normalized spacial score (nSPS) is 14.7. The molecule has 1 aromatic heterocycles. The van der Waals surface area contributed by atoms with E-state index in [1.165, 1.54) is 0 Å². The molecule has 0 spiro atoms. The fourth-order valence-electron chi connectivity index (χ4n) is 3.44. The van der Waals surface area contributed by atoms with Crippen LogP contribution in [0.25, 0.3) is 11.0 Å². The predicted molar refractivity (Wildman–Crippen MR) is 98.7 cm³/mol. The summed E-state index contributed by atoms with van der Waals surface area (Å²) in [6.45, 7) is 4.02. The molecule has 0 unspecified atom stereocenters. The zero-order chi connectivity index (χ0) is 18.7. The second-order valence-electron chi connectivity index (χ2n) is 6.82. The number of nitrogens with one attached hydrogen (secondary N) is 1. The topological polar surface area (TPSA) is 88.8 Å². The van der Waals surface area contributed by atoms with Gasteiger partial charge in [0.05, 0.1) is 5.39 Å². The van der Waals surface area contributed by atoms with Crippen molar-refractivity contribution in [3.8, 4) is 5.75 Å². The summed E-state index contributed by atoms with van der Waals surface area (Å²) in [5.74, 6) is 0.339. The lowest BCUT2D eigenvalue weighted by Gasteiger charge is -2.21. The van der Waals surface area contributed by atoms with Crippen LogP contribution in [0.3, 0.4) is 0 Å². The number of hydrogen-bond acceptors (Lipinski definition) is 5. The lowest BCUT2D eigenvalue weighted by molar-refractivity contribution is -0.127. The number of carbonyl (C=O) groups is 1. The Kier molecular flexibility index (Phi) is 5.61. The number of benzene rings is 1. The average molecular weight is 359 g/mol. The summed E-state index contributed by atoms with van der Waals surface area (Å²) in [4.78, 5) is 24.5. The highest BCUT2D eigenvalue weighted by Gasteiger charge is 2.23. The average Bonchev–Trinajstić information content (AvgIpc) is 2.61. The number of aliphatic hydroxyl groups is 1. The van der Waals surface area contributed by atoms with Crippen LogP contribution in [0, 0.1) is 6.92 Å². The third-order valence-electron chi connectivity index (χ3n) is 4.74. The summed E-state index contributed by atoms with van der Waals surface area (Å²) in [6, 6.07) is 3.72. The molecule has 6 heteroatoms. The van der Waals surface area contributed by atoms with E-state index in [1.807, 2.05) is 19.1 Å². The van der Waals surface area contributed by atoms with Crippen LogP contribution in [-0.4, -0.2) is 30.3 Å². The Hall–Kier alpha value is -2.34. The molecular weight excluding hydrogens is 334 g/mol. The number of amides is 1. The van der Waals surface area contributed by atoms with Gasteiger partial charge in [0.15, 0.2) is 6.10 Å². The fraction of sp³-hybridized carbons (Fsp3) is 0.500. The Labute approximate surface area is 152 Å². The molecule has 140 valence electrons. The first-order valence-corrected chi connectivity index (χ1v) is 9.15. The van der Waals surface area contributed by atoms with Crippen molar-refractivity contribution < 1.29 is 19.1 Å². The first-order valence-electron chi connectivity index (χ1n) is 9.15. The molecule has 2 N–H and O–H groups in total. The number of aryl methyl sites for hydroxylation is 2. The van der Waals surface area contributed by atoms with E-state index in [4.69, 9.17) is 14.3 Å². The predicted octanol–water partition coefficient (Wildman–Crippen LogP) is 2.25. The zero-order valence-corrected chi connectivity index (χ0v) is 15.3. The molecule has 0 aliphatic heterocycles. The van der Waals surface area contributed by atoms with Crippen molar-refractivity contribution in [2.24, 2.45) is 0 Å². The number of carbonyl (C=O) groups excluding carboxylic acids is 1. The molecular formula is C20H25NO5. The molecule has 26 heavy (non-hydrogen) atoms. The fourth-order valence-corrected chi connectivity index (χ4v) is 3.44. The number of ether oxygens (including phenoxy) is 1. The highest BCUT2D eigenvalue weighted by molar-refractivity contribution is 5.89. The van der Waals surface area contributed by atoms with Crippen LogP contribution < -0.4 is 15.7 Å². The van der Waals surface area contributed by atoms with Gasteiger partial charge in [0, 0.05) is 18.7 Å². The van der Waals surface area contributed by atoms with Crippen LogP contribution in [0.4, 0.5) is 0 Å². The number of hydrogen-bond donors (Lipinski definition) is 2. The number of fused-ring (bicyclic) bond motifs is 3. The van der Waals surface area contributed by atoms with Crippen molar-refractivity contribution in [3.05, 3.63) is 39.2 Å². The molecule has 0 fully saturated rings. The number of aliphatic hydroxyl groups excluding tert-OH is 1. The summed E-state index contributed by atoms with van der Waals surface area (Å²) in [5.41, 5.74) is 2.87. The van der Waals surface area contributed by atoms with Crippen molar-refractivity contribution in [1.82, 2.24) is 5.32 Å². The van der Waals surface area contributed by atoms with Gasteiger partial charge in [0.25, 0.3) is 5.91 Å². The minimum absolute atomic E-state index is 0.0310. The van der Waals surface area contributed by atoms with E-state index < -0.39 is 6.10 Å². The third kappa shape index (κ3) is 3.75. The summed E-state index contributed by atoms with van der Waals surface area (Å²) in [5, 5.41) is 12.4. The molecule has 1 aliphatic rings. The molecule has 1 aromatic carbocycles. The first kappa shape index (κ1) is 18.5. The Morgan fingerprint density at radius 2 is 2.04 bits per heavy atom. The summed E-state index contributed by atoms with van der Waals surface area (Å²) in [6.07, 6.45) is 3.35. The quantitative estimate of drug-likeness (QED) is 0.610. The Bertz CT molecular complexity index is 871. The van der Waals surface area contributed by atoms with Gasteiger partial charge in [-0.3, -0.25) is 4.79 Å². The van der Waals surface area contributed by atoms with Crippen molar-refractivity contribution in [1.29, 1.82) is 0 Å². The van der Waals surface area contributed by atoms with Crippen molar-refractivity contribution >= 4 is 16.9 Å². The Morgan fingerprint density at radius 3 is 2.77 bits per heavy atom. The van der Waals surface area contributed by atoms with Crippen molar-refractivity contribution in [2.75, 3.05) is 13.2 Å². The largest absolute Gasteiger partial charge is 0.480 e. The van der Waals surface area contributed by atoms with E-state index in [0.717, 1.165) is 47.8 Å². The van der Waals surface area contributed by atoms with Gasteiger partial charge in [0.1, 0.15) is 11.3 Å². The smallest absolute Gasteiger partial charge is 0.339 e. The third-order valence-corrected chi connectivity index (χ3v) is 4.74. The maximum absolute atomic E-state index is 12.3. The Balaban J connectivity index is 1.97. The van der Waals surface area contributed by atoms with E-state index in [2.05, 4.69) is 5.32 Å². The van der Waals surface area contributed by atoms with Gasteiger partial charge >= 0.3 is 5.63 Å². The first-order chi connectivity index (χ1) is 12.5. The van der Waals surface area contributed by atoms with Crippen LogP contribution in [0.2, 0.25) is 0 Å². The second kappa shape index (κ2) is 7.91. The lowest BCUT2D eigenvalue weighted by Crippen LogP contribution is -2.37. The van der Waals surface area contributed by atoms with E-state index >= 15 is 0 Å². The molecule has 1 atom stereocenters. The molecule has 3 rings (SSSR count). The molecule has 0 saturated carbocycles. The highest BCUT2D eigenvalue weighted by Crippen LogP contribution is 2.35. The lowest BCUT2D eigenvalue weighted by atomic mass is 9.90. The van der Waals surface area contributed by atoms with E-state index in [9.17, 15) is 9.59 Å². The van der Waals surface area contributed by atoms with Crippen molar-refractivity contribution in [2.45, 2.75) is 52.1 Å². The second-order valence-corrected chi connectivity index (χ2v) is 6.82. The Morgan fingerprint density at radius 1 is 1.31 bits per heavy atom. The minimum atomic E-state index is -0.690. The van der Waals surface area contributed by atoms with Gasteiger partial charge in [-0.25, -0.2) is 4.79 Å². The highest BCUT2D eigenvalue weighted by atomic mass is 16.5. The van der Waals surface area contributed by atoms with Crippen LogP contribution in [0.5, 0.6) is 5.75 Å². The van der Waals surface area contributed by atoms with Gasteiger partial charge < -0.3 is 19.6 Å². The molecule has 1 heterocycles. The summed E-state index contributed by atoms with van der Waals surface area (Å²) in [7, 11) is 0. The van der Waals surface area contributed by atoms with Crippen LogP contribution >= 0.6 is 0 Å². The SMILES string of the molecule is Cc1cc(O[C@H](C)C(=O)NCCCO)c2c3c(c(=O)oc2c1)CCCC3. The zero-order valence-electron chi connectivity index (χ0n) is 15.3. The van der Waals surface area contributed by atoms with Gasteiger partial charge in [-0.15, -0.1) is 0 Å². The maximum atomic E-state index is 12.3. The van der Waals surface area contributed by atoms with E-state index in [0.29, 0.717) is 24.3 Å². The van der Waals surface area contributed by atoms with E-state index in [1.54, 1.807) is 6.92 Å². The van der Waals surface area contributed by atoms with Crippen molar-refractivity contribution in [3.63, 3.8) is 0 Å². The molecule has 0 radical (unpaired) electrons. The molecule has 6 nitrogen and oxygen atoms in total. The summed E-state index contributed by atoms with van der Waals surface area (Å²) < 4.78 is 11.5. The molecule has 1 aliphatic carbocycles.